The van der Waals surface area contributed by atoms with Gasteiger partial charge < -0.3 is 16.2 Å². The number of hydrogen-bond acceptors (Lipinski definition) is 3. The van der Waals surface area contributed by atoms with Gasteiger partial charge in [-0.05, 0) is 61.4 Å². The Labute approximate surface area is 141 Å². The van der Waals surface area contributed by atoms with Crippen molar-refractivity contribution in [2.75, 3.05) is 13.2 Å². The summed E-state index contributed by atoms with van der Waals surface area (Å²) in [5.74, 6) is -6.33. The summed E-state index contributed by atoms with van der Waals surface area (Å²) in [6.07, 6.45) is -2.46. The number of hydrogen-bond donors (Lipinski definition) is 2. The van der Waals surface area contributed by atoms with Crippen molar-refractivity contribution >= 4 is 5.91 Å². The summed E-state index contributed by atoms with van der Waals surface area (Å²) < 4.78 is 68.0. The highest BCUT2D eigenvalue weighted by molar-refractivity contribution is 5.98. The zero-order valence-corrected chi connectivity index (χ0v) is 13.4. The monoisotopic (exact) mass is 366 g/mol. The number of rotatable bonds is 6. The summed E-state index contributed by atoms with van der Waals surface area (Å²) >= 11 is 0. The summed E-state index contributed by atoms with van der Waals surface area (Å²) in [5, 5.41) is 0. The van der Waals surface area contributed by atoms with Crippen LogP contribution in [-0.2, 0) is 19.3 Å². The summed E-state index contributed by atoms with van der Waals surface area (Å²) in [7, 11) is 0. The van der Waals surface area contributed by atoms with Crippen molar-refractivity contribution in [1.82, 2.24) is 0 Å². The molecule has 0 bridgehead atoms. The molecule has 1 aliphatic rings. The number of nitrogens with two attached hydrogens (primary N) is 2. The quantitative estimate of drug-likeness (QED) is 0.760. The molecule has 0 aliphatic heterocycles. The van der Waals surface area contributed by atoms with Crippen LogP contribution in [0.2, 0.25) is 0 Å². The zero-order valence-electron chi connectivity index (χ0n) is 13.4. The predicted octanol–water partition coefficient (Wildman–Crippen LogP) is 2.74. The molecule has 0 unspecified atom stereocenters. The first kappa shape index (κ1) is 19.4. The molecular formula is C16H19F5N2O2. The molecule has 0 spiro atoms. The lowest BCUT2D eigenvalue weighted by Crippen LogP contribution is -2.42. The van der Waals surface area contributed by atoms with E-state index in [-0.39, 0.29) is 24.3 Å². The average Bonchev–Trinajstić information content (AvgIpc) is 2.51. The number of carbonyl (C=O) groups is 1. The number of ether oxygens (including phenoxy) is 1. The molecule has 0 aromatic heterocycles. The van der Waals surface area contributed by atoms with Crippen LogP contribution in [0.1, 0.15) is 39.9 Å². The Hall–Kier alpha value is -1.90. The number of amides is 1. The smallest absolute Gasteiger partial charge is 0.456 e. The van der Waals surface area contributed by atoms with Crippen molar-refractivity contribution in [2.24, 2.45) is 11.5 Å². The molecule has 0 saturated heterocycles. The standard InChI is InChI=1S/C16H19F5N2O2/c17-15(18,16(19,20)21)8-25-12-7-9-3-1-2-4-10(9)11(5-6-22)13(12)14(23)24/h7H,1-6,8,22H2,(H2,23,24). The molecule has 1 aromatic carbocycles. The van der Waals surface area contributed by atoms with Crippen LogP contribution < -0.4 is 16.2 Å². The maximum atomic E-state index is 13.2. The van der Waals surface area contributed by atoms with Crippen LogP contribution in [0, 0.1) is 0 Å². The van der Waals surface area contributed by atoms with E-state index >= 15 is 0 Å². The number of fused-ring (bicyclic) bond motifs is 1. The van der Waals surface area contributed by atoms with Gasteiger partial charge in [0.1, 0.15) is 5.75 Å². The molecule has 0 heterocycles. The second-order valence-corrected chi connectivity index (χ2v) is 5.97. The van der Waals surface area contributed by atoms with Crippen LogP contribution in [0.5, 0.6) is 5.75 Å². The third-order valence-corrected chi connectivity index (χ3v) is 4.19. The van der Waals surface area contributed by atoms with Gasteiger partial charge in [-0.2, -0.15) is 22.0 Å². The molecule has 4 nitrogen and oxygen atoms in total. The van der Waals surface area contributed by atoms with E-state index in [0.29, 0.717) is 18.4 Å². The fraction of sp³-hybridized carbons (Fsp3) is 0.562. The van der Waals surface area contributed by atoms with Crippen molar-refractivity contribution in [2.45, 2.75) is 44.2 Å². The Morgan fingerprint density at radius 2 is 1.80 bits per heavy atom. The van der Waals surface area contributed by atoms with Crippen LogP contribution in [0.25, 0.3) is 0 Å². The largest absolute Gasteiger partial charge is 0.486 e. The van der Waals surface area contributed by atoms with Crippen molar-refractivity contribution in [3.8, 4) is 5.75 Å². The maximum Gasteiger partial charge on any atom is 0.456 e. The van der Waals surface area contributed by atoms with E-state index in [1.165, 1.54) is 6.07 Å². The van der Waals surface area contributed by atoms with Gasteiger partial charge in [0.05, 0.1) is 5.56 Å². The van der Waals surface area contributed by atoms with Gasteiger partial charge in [0, 0.05) is 0 Å². The van der Waals surface area contributed by atoms with E-state index in [9.17, 15) is 26.7 Å². The molecule has 1 amide bonds. The van der Waals surface area contributed by atoms with E-state index in [1.54, 1.807) is 0 Å². The molecular weight excluding hydrogens is 347 g/mol. The van der Waals surface area contributed by atoms with E-state index in [0.717, 1.165) is 24.0 Å². The van der Waals surface area contributed by atoms with Gasteiger partial charge in [-0.25, -0.2) is 0 Å². The molecule has 1 aromatic rings. The second-order valence-electron chi connectivity index (χ2n) is 5.97. The first-order valence-corrected chi connectivity index (χ1v) is 7.83. The lowest BCUT2D eigenvalue weighted by molar-refractivity contribution is -0.290. The average molecular weight is 366 g/mol. The predicted molar refractivity (Wildman–Crippen MR) is 80.9 cm³/mol. The normalized spacial score (nSPS) is 15.0. The molecule has 0 atom stereocenters. The number of carbonyl (C=O) groups excluding carboxylic acids is 1. The molecule has 0 fully saturated rings. The van der Waals surface area contributed by atoms with Gasteiger partial charge in [-0.3, -0.25) is 4.79 Å². The molecule has 25 heavy (non-hydrogen) atoms. The molecule has 0 radical (unpaired) electrons. The topological polar surface area (TPSA) is 78.3 Å². The second kappa shape index (κ2) is 7.15. The summed E-state index contributed by atoms with van der Waals surface area (Å²) in [4.78, 5) is 11.8. The van der Waals surface area contributed by atoms with E-state index in [1.807, 2.05) is 0 Å². The van der Waals surface area contributed by atoms with Crippen molar-refractivity contribution in [1.29, 1.82) is 0 Å². The van der Waals surface area contributed by atoms with Crippen molar-refractivity contribution < 1.29 is 31.5 Å². The third-order valence-electron chi connectivity index (χ3n) is 4.19. The maximum absolute atomic E-state index is 13.2. The molecule has 1 aliphatic carbocycles. The Balaban J connectivity index is 2.46. The highest BCUT2D eigenvalue weighted by atomic mass is 19.4. The number of primary amides is 1. The van der Waals surface area contributed by atoms with Crippen LogP contribution >= 0.6 is 0 Å². The van der Waals surface area contributed by atoms with Crippen molar-refractivity contribution in [3.63, 3.8) is 0 Å². The molecule has 9 heteroatoms. The Bertz CT molecular complexity index is 659. The van der Waals surface area contributed by atoms with Gasteiger partial charge >= 0.3 is 12.1 Å². The minimum atomic E-state index is -5.74. The number of alkyl halides is 5. The number of benzene rings is 1. The number of aryl methyl sites for hydroxylation is 1. The molecule has 4 N–H and O–H groups in total. The molecule has 2 rings (SSSR count). The fourth-order valence-electron chi connectivity index (χ4n) is 3.02. The van der Waals surface area contributed by atoms with Gasteiger partial charge in [-0.15, -0.1) is 0 Å². The summed E-state index contributed by atoms with van der Waals surface area (Å²) in [6.45, 7) is -1.74. The Morgan fingerprint density at radius 3 is 2.36 bits per heavy atom. The van der Waals surface area contributed by atoms with Crippen LogP contribution in [0.15, 0.2) is 6.07 Å². The fourth-order valence-corrected chi connectivity index (χ4v) is 3.02. The van der Waals surface area contributed by atoms with Crippen LogP contribution in [-0.4, -0.2) is 31.2 Å². The van der Waals surface area contributed by atoms with Crippen LogP contribution in [0.4, 0.5) is 22.0 Å². The number of halogens is 5. The minimum absolute atomic E-state index is 0.163. The SMILES string of the molecule is NCCc1c2c(cc(OCC(F)(F)C(F)(F)F)c1C(N)=O)CCCC2. The summed E-state index contributed by atoms with van der Waals surface area (Å²) in [6, 6.07) is 1.35. The van der Waals surface area contributed by atoms with E-state index < -0.39 is 24.6 Å². The first-order valence-electron chi connectivity index (χ1n) is 7.83. The lowest BCUT2D eigenvalue weighted by atomic mass is 9.84. The summed E-state index contributed by atoms with van der Waals surface area (Å²) in [5.41, 5.74) is 12.8. The zero-order chi connectivity index (χ0) is 18.8. The lowest BCUT2D eigenvalue weighted by Gasteiger charge is -2.25. The molecule has 140 valence electrons. The van der Waals surface area contributed by atoms with Gasteiger partial charge in [0.2, 0.25) is 0 Å². The third kappa shape index (κ3) is 4.02. The van der Waals surface area contributed by atoms with E-state index in [4.69, 9.17) is 16.2 Å². The van der Waals surface area contributed by atoms with Gasteiger partial charge in [0.15, 0.2) is 6.61 Å². The highest BCUT2D eigenvalue weighted by Crippen LogP contribution is 2.38. The van der Waals surface area contributed by atoms with Crippen molar-refractivity contribution in [3.05, 3.63) is 28.3 Å². The Kier molecular flexibility index (Phi) is 5.55. The van der Waals surface area contributed by atoms with Gasteiger partial charge in [-0.1, -0.05) is 0 Å². The van der Waals surface area contributed by atoms with Gasteiger partial charge in [0.25, 0.3) is 5.91 Å². The highest BCUT2D eigenvalue weighted by Gasteiger charge is 2.58. The first-order chi connectivity index (χ1) is 11.6. The molecule has 0 saturated carbocycles. The Morgan fingerprint density at radius 1 is 1.16 bits per heavy atom. The minimum Gasteiger partial charge on any atom is -0.486 e. The van der Waals surface area contributed by atoms with Crippen LogP contribution in [0.3, 0.4) is 0 Å². The van der Waals surface area contributed by atoms with E-state index in [2.05, 4.69) is 0 Å².